The minimum Gasteiger partial charge on any atom is -0.457 e. The summed E-state index contributed by atoms with van der Waals surface area (Å²) in [5, 5.41) is 9.66. The number of hydrogen-bond acceptors (Lipinski definition) is 6. The maximum absolute atomic E-state index is 13.4. The highest BCUT2D eigenvalue weighted by Crippen LogP contribution is 2.25. The quantitative estimate of drug-likeness (QED) is 0.275. The summed E-state index contributed by atoms with van der Waals surface area (Å²) in [7, 11) is 1.66. The summed E-state index contributed by atoms with van der Waals surface area (Å²) in [6.07, 6.45) is 0.267. The summed E-state index contributed by atoms with van der Waals surface area (Å²) in [5.41, 5.74) is 0.979. The Hall–Kier alpha value is -4.09. The van der Waals surface area contributed by atoms with Gasteiger partial charge in [0.1, 0.15) is 11.5 Å². The zero-order chi connectivity index (χ0) is 23.9. The van der Waals surface area contributed by atoms with Crippen molar-refractivity contribution in [2.45, 2.75) is 11.6 Å². The van der Waals surface area contributed by atoms with E-state index in [1.54, 1.807) is 49.5 Å². The van der Waals surface area contributed by atoms with Crippen LogP contribution in [0.1, 0.15) is 6.42 Å². The number of para-hydroxylation sites is 2. The van der Waals surface area contributed by atoms with Crippen molar-refractivity contribution in [2.75, 3.05) is 19.3 Å². The van der Waals surface area contributed by atoms with Gasteiger partial charge in [-0.05, 0) is 48.5 Å². The standard InChI is InChI=1S/C26H22N4O3S/c1-29(17-7-16-27)24(31)18-34-26-28-23-11-6-5-10-22(23)25(32)30(26)19-12-14-21(15-13-19)33-20-8-3-2-4-9-20/h2-6,8-15H,7,17-18H2,1H3. The molecule has 0 bridgehead atoms. The lowest BCUT2D eigenvalue weighted by atomic mass is 10.2. The topological polar surface area (TPSA) is 88.2 Å². The lowest BCUT2D eigenvalue weighted by Gasteiger charge is -2.17. The number of fused-ring (bicyclic) bond motifs is 1. The predicted molar refractivity (Wildman–Crippen MR) is 132 cm³/mol. The van der Waals surface area contributed by atoms with Gasteiger partial charge in [-0.2, -0.15) is 5.26 Å². The molecular formula is C26H22N4O3S. The minimum absolute atomic E-state index is 0.0991. The van der Waals surface area contributed by atoms with E-state index in [0.717, 1.165) is 5.75 Å². The van der Waals surface area contributed by atoms with Crippen LogP contribution in [-0.2, 0) is 4.79 Å². The Morgan fingerprint density at radius 2 is 1.71 bits per heavy atom. The molecule has 4 aromatic rings. The van der Waals surface area contributed by atoms with Crippen molar-refractivity contribution >= 4 is 28.6 Å². The normalized spacial score (nSPS) is 10.6. The first-order valence-corrected chi connectivity index (χ1v) is 11.6. The van der Waals surface area contributed by atoms with E-state index in [1.807, 2.05) is 42.5 Å². The van der Waals surface area contributed by atoms with Gasteiger partial charge in [0.25, 0.3) is 5.56 Å². The second-order valence-corrected chi connectivity index (χ2v) is 8.42. The van der Waals surface area contributed by atoms with E-state index in [1.165, 1.54) is 21.2 Å². The van der Waals surface area contributed by atoms with Gasteiger partial charge in [0, 0.05) is 13.6 Å². The van der Waals surface area contributed by atoms with Crippen LogP contribution in [0.2, 0.25) is 0 Å². The van der Waals surface area contributed by atoms with Crippen molar-refractivity contribution in [3.63, 3.8) is 0 Å². The second-order valence-electron chi connectivity index (χ2n) is 7.47. The third kappa shape index (κ3) is 5.27. The van der Waals surface area contributed by atoms with Crippen molar-refractivity contribution < 1.29 is 9.53 Å². The molecule has 0 saturated heterocycles. The molecule has 0 radical (unpaired) electrons. The van der Waals surface area contributed by atoms with Gasteiger partial charge in [-0.25, -0.2) is 4.98 Å². The average Bonchev–Trinajstić information content (AvgIpc) is 2.87. The molecule has 3 aromatic carbocycles. The molecule has 0 fully saturated rings. The molecule has 0 atom stereocenters. The van der Waals surface area contributed by atoms with Crippen LogP contribution < -0.4 is 10.3 Å². The van der Waals surface area contributed by atoms with Crippen molar-refractivity contribution in [1.29, 1.82) is 5.26 Å². The molecule has 0 aliphatic carbocycles. The molecule has 34 heavy (non-hydrogen) atoms. The summed E-state index contributed by atoms with van der Waals surface area (Å²) >= 11 is 1.19. The summed E-state index contributed by atoms with van der Waals surface area (Å²) in [4.78, 5) is 32.1. The number of nitrogens with zero attached hydrogens (tertiary/aromatic N) is 4. The van der Waals surface area contributed by atoms with Gasteiger partial charge in [0.15, 0.2) is 5.16 Å². The molecule has 1 heterocycles. The van der Waals surface area contributed by atoms with Gasteiger partial charge < -0.3 is 9.64 Å². The molecule has 4 rings (SSSR count). The largest absolute Gasteiger partial charge is 0.457 e. The van der Waals surface area contributed by atoms with Crippen LogP contribution in [0, 0.1) is 11.3 Å². The molecule has 1 amide bonds. The van der Waals surface area contributed by atoms with Crippen LogP contribution in [0.3, 0.4) is 0 Å². The van der Waals surface area contributed by atoms with E-state index in [9.17, 15) is 9.59 Å². The fourth-order valence-corrected chi connectivity index (χ4v) is 4.26. The monoisotopic (exact) mass is 470 g/mol. The van der Waals surface area contributed by atoms with E-state index in [2.05, 4.69) is 4.98 Å². The number of hydrogen-bond donors (Lipinski definition) is 0. The molecule has 170 valence electrons. The number of amides is 1. The van der Waals surface area contributed by atoms with Crippen LogP contribution in [0.4, 0.5) is 0 Å². The zero-order valence-electron chi connectivity index (χ0n) is 18.5. The number of ether oxygens (including phenoxy) is 1. The number of rotatable bonds is 8. The fourth-order valence-electron chi connectivity index (χ4n) is 3.30. The highest BCUT2D eigenvalue weighted by Gasteiger charge is 2.16. The number of aromatic nitrogens is 2. The van der Waals surface area contributed by atoms with E-state index in [0.29, 0.717) is 34.0 Å². The van der Waals surface area contributed by atoms with Gasteiger partial charge >= 0.3 is 0 Å². The Morgan fingerprint density at radius 3 is 2.44 bits per heavy atom. The number of benzene rings is 3. The van der Waals surface area contributed by atoms with Crippen molar-refractivity contribution in [3.05, 3.63) is 89.2 Å². The van der Waals surface area contributed by atoms with Crippen LogP contribution in [0.5, 0.6) is 11.5 Å². The maximum Gasteiger partial charge on any atom is 0.266 e. The van der Waals surface area contributed by atoms with E-state index in [-0.39, 0.29) is 23.6 Å². The number of nitriles is 1. The number of thioether (sulfide) groups is 1. The van der Waals surface area contributed by atoms with Gasteiger partial charge in [0.05, 0.1) is 34.8 Å². The fraction of sp³-hybridized carbons (Fsp3) is 0.154. The summed E-state index contributed by atoms with van der Waals surface area (Å²) in [5.74, 6) is 1.32. The second kappa shape index (κ2) is 10.7. The van der Waals surface area contributed by atoms with Gasteiger partial charge in [0.2, 0.25) is 5.91 Å². The molecule has 0 N–H and O–H groups in total. The smallest absolute Gasteiger partial charge is 0.266 e. The van der Waals surface area contributed by atoms with Crippen molar-refractivity contribution in [2.24, 2.45) is 0 Å². The lowest BCUT2D eigenvalue weighted by molar-refractivity contribution is -0.127. The third-order valence-electron chi connectivity index (χ3n) is 5.13. The first kappa shape index (κ1) is 23.1. The highest BCUT2D eigenvalue weighted by molar-refractivity contribution is 7.99. The van der Waals surface area contributed by atoms with Crippen molar-refractivity contribution in [1.82, 2.24) is 14.5 Å². The molecule has 1 aromatic heterocycles. The summed E-state index contributed by atoms with van der Waals surface area (Å²) < 4.78 is 7.37. The molecule has 8 heteroatoms. The third-order valence-corrected chi connectivity index (χ3v) is 6.05. The van der Waals surface area contributed by atoms with Gasteiger partial charge in [-0.3, -0.25) is 14.2 Å². The Kier molecular flexibility index (Phi) is 7.25. The Labute approximate surface area is 201 Å². The van der Waals surface area contributed by atoms with Gasteiger partial charge in [-0.1, -0.05) is 42.1 Å². The minimum atomic E-state index is -0.213. The summed E-state index contributed by atoms with van der Waals surface area (Å²) in [6, 6.07) is 25.8. The van der Waals surface area contributed by atoms with Gasteiger partial charge in [-0.15, -0.1) is 0 Å². The van der Waals surface area contributed by atoms with Crippen LogP contribution in [-0.4, -0.2) is 39.7 Å². The maximum atomic E-state index is 13.4. The van der Waals surface area contributed by atoms with Crippen LogP contribution >= 0.6 is 11.8 Å². The summed E-state index contributed by atoms with van der Waals surface area (Å²) in [6.45, 7) is 0.358. The Balaban J connectivity index is 1.65. The number of carbonyl (C=O) groups excluding carboxylic acids is 1. The molecule has 0 saturated carbocycles. The zero-order valence-corrected chi connectivity index (χ0v) is 19.4. The SMILES string of the molecule is CN(CCC#N)C(=O)CSc1nc2ccccc2c(=O)n1-c1ccc(Oc2ccccc2)cc1. The Bertz CT molecular complexity index is 1400. The van der Waals surface area contributed by atoms with Crippen LogP contribution in [0.15, 0.2) is 88.8 Å². The molecular weight excluding hydrogens is 448 g/mol. The highest BCUT2D eigenvalue weighted by atomic mass is 32.2. The van der Waals surface area contributed by atoms with Crippen molar-refractivity contribution in [3.8, 4) is 23.3 Å². The molecule has 0 unspecified atom stereocenters. The molecule has 0 aliphatic rings. The molecule has 0 aliphatic heterocycles. The average molecular weight is 471 g/mol. The molecule has 7 nitrogen and oxygen atoms in total. The molecule has 0 spiro atoms. The van der Waals surface area contributed by atoms with E-state index < -0.39 is 0 Å². The first-order chi connectivity index (χ1) is 16.6. The van der Waals surface area contributed by atoms with E-state index in [4.69, 9.17) is 10.00 Å². The first-order valence-electron chi connectivity index (χ1n) is 10.7. The lowest BCUT2D eigenvalue weighted by Crippen LogP contribution is -2.29. The Morgan fingerprint density at radius 1 is 1.03 bits per heavy atom. The van der Waals surface area contributed by atoms with E-state index >= 15 is 0 Å². The van der Waals surface area contributed by atoms with Crippen LogP contribution in [0.25, 0.3) is 16.6 Å². The number of carbonyl (C=O) groups is 1. The predicted octanol–water partition coefficient (Wildman–Crippen LogP) is 4.64.